The van der Waals surface area contributed by atoms with Gasteiger partial charge in [0.05, 0.1) is 31.3 Å². The Morgan fingerprint density at radius 1 is 1.16 bits per heavy atom. The molecule has 0 aliphatic carbocycles. The van der Waals surface area contributed by atoms with Gasteiger partial charge in [0.2, 0.25) is 5.88 Å². The van der Waals surface area contributed by atoms with Gasteiger partial charge in [0.1, 0.15) is 11.8 Å². The van der Waals surface area contributed by atoms with E-state index in [1.165, 1.54) is 17.2 Å². The van der Waals surface area contributed by atoms with Crippen molar-refractivity contribution in [1.29, 1.82) is 0 Å². The van der Waals surface area contributed by atoms with Crippen LogP contribution >= 0.6 is 0 Å². The first-order valence-electron chi connectivity index (χ1n) is 9.51. The molecule has 4 heterocycles. The van der Waals surface area contributed by atoms with Crippen LogP contribution in [0.5, 0.6) is 5.88 Å². The summed E-state index contributed by atoms with van der Waals surface area (Å²) in [6, 6.07) is 3.49. The molecule has 0 saturated carbocycles. The molecule has 1 amide bonds. The maximum Gasteiger partial charge on any atom is 0.434 e. The second-order valence-electron chi connectivity index (χ2n) is 7.01. The molecule has 0 bridgehead atoms. The summed E-state index contributed by atoms with van der Waals surface area (Å²) in [5, 5.41) is 8.15. The first kappa shape index (κ1) is 20.7. The molecule has 0 N–H and O–H groups in total. The van der Waals surface area contributed by atoms with Crippen LogP contribution < -0.4 is 4.74 Å². The van der Waals surface area contributed by atoms with Crippen LogP contribution in [0.3, 0.4) is 0 Å². The van der Waals surface area contributed by atoms with E-state index in [4.69, 9.17) is 4.74 Å². The standard InChI is InChI=1S/C19H18F3N7O2/c1-12-4-5-14(29-25-6-7-26-29)17(27-12)18(30)28-8-2-3-13(11-28)31-16-10-23-15(9-24-16)19(20,21)22/h4-7,9-10,13H,2-3,8,11H2,1H3. The molecule has 162 valence electrons. The number of aryl methyl sites for hydroxylation is 1. The molecular formula is C19H18F3N7O2. The minimum atomic E-state index is -4.57. The van der Waals surface area contributed by atoms with Crippen molar-refractivity contribution in [1.82, 2.24) is 34.8 Å². The first-order valence-corrected chi connectivity index (χ1v) is 9.51. The van der Waals surface area contributed by atoms with Crippen LogP contribution in [-0.2, 0) is 6.18 Å². The van der Waals surface area contributed by atoms with Crippen LogP contribution in [0.4, 0.5) is 13.2 Å². The fraction of sp³-hybridized carbons (Fsp3) is 0.368. The highest BCUT2D eigenvalue weighted by Gasteiger charge is 2.33. The predicted molar refractivity (Wildman–Crippen MR) is 100 cm³/mol. The lowest BCUT2D eigenvalue weighted by molar-refractivity contribution is -0.141. The molecule has 1 aliphatic rings. The molecule has 1 fully saturated rings. The van der Waals surface area contributed by atoms with Crippen molar-refractivity contribution in [3.63, 3.8) is 0 Å². The number of carbonyl (C=O) groups is 1. The van der Waals surface area contributed by atoms with E-state index in [0.29, 0.717) is 37.0 Å². The topological polar surface area (TPSA) is 98.9 Å². The Labute approximate surface area is 174 Å². The van der Waals surface area contributed by atoms with E-state index < -0.39 is 18.0 Å². The quantitative estimate of drug-likeness (QED) is 0.623. The highest BCUT2D eigenvalue weighted by molar-refractivity contribution is 5.95. The number of hydrogen-bond acceptors (Lipinski definition) is 7. The average Bonchev–Trinajstić information content (AvgIpc) is 3.28. The maximum absolute atomic E-state index is 13.2. The van der Waals surface area contributed by atoms with Crippen LogP contribution in [0.1, 0.15) is 34.7 Å². The number of halogens is 3. The van der Waals surface area contributed by atoms with Crippen molar-refractivity contribution < 1.29 is 22.7 Å². The van der Waals surface area contributed by atoms with Gasteiger partial charge in [-0.2, -0.15) is 23.4 Å². The zero-order chi connectivity index (χ0) is 22.0. The van der Waals surface area contributed by atoms with Crippen molar-refractivity contribution >= 4 is 5.91 Å². The summed E-state index contributed by atoms with van der Waals surface area (Å²) in [4.78, 5) is 27.6. The van der Waals surface area contributed by atoms with E-state index in [9.17, 15) is 18.0 Å². The minimum absolute atomic E-state index is 0.0255. The monoisotopic (exact) mass is 433 g/mol. The summed E-state index contributed by atoms with van der Waals surface area (Å²) >= 11 is 0. The lowest BCUT2D eigenvalue weighted by Gasteiger charge is -2.32. The average molecular weight is 433 g/mol. The number of likely N-dealkylation sites (tertiary alicyclic amines) is 1. The number of rotatable bonds is 4. The van der Waals surface area contributed by atoms with E-state index in [1.54, 1.807) is 24.0 Å². The number of alkyl halides is 3. The Kier molecular flexibility index (Phi) is 5.53. The normalized spacial score (nSPS) is 16.9. The van der Waals surface area contributed by atoms with Crippen LogP contribution in [0.25, 0.3) is 5.69 Å². The summed E-state index contributed by atoms with van der Waals surface area (Å²) in [6.07, 6.45) is 0.858. The number of aromatic nitrogens is 6. The molecule has 1 aliphatic heterocycles. The minimum Gasteiger partial charge on any atom is -0.471 e. The number of amides is 1. The Morgan fingerprint density at radius 3 is 2.61 bits per heavy atom. The smallest absolute Gasteiger partial charge is 0.434 e. The third-order valence-electron chi connectivity index (χ3n) is 4.72. The van der Waals surface area contributed by atoms with Gasteiger partial charge in [0.15, 0.2) is 11.4 Å². The number of nitrogens with zero attached hydrogens (tertiary/aromatic N) is 7. The SMILES string of the molecule is Cc1ccc(-n2nccn2)c(C(=O)N2CCCC(Oc3cnc(C(F)(F)F)cn3)C2)n1. The van der Waals surface area contributed by atoms with Gasteiger partial charge in [-0.25, -0.2) is 15.0 Å². The fourth-order valence-electron chi connectivity index (χ4n) is 3.27. The molecule has 0 radical (unpaired) electrons. The molecule has 1 saturated heterocycles. The molecule has 0 spiro atoms. The second-order valence-corrected chi connectivity index (χ2v) is 7.01. The Morgan fingerprint density at radius 2 is 1.94 bits per heavy atom. The summed E-state index contributed by atoms with van der Waals surface area (Å²) in [6.45, 7) is 2.52. The lowest BCUT2D eigenvalue weighted by Crippen LogP contribution is -2.45. The van der Waals surface area contributed by atoms with Gasteiger partial charge in [-0.3, -0.25) is 4.79 Å². The van der Waals surface area contributed by atoms with Crippen LogP contribution in [-0.4, -0.2) is 59.9 Å². The Hall–Kier alpha value is -3.57. The van der Waals surface area contributed by atoms with Crippen molar-refractivity contribution in [3.05, 3.63) is 54.0 Å². The maximum atomic E-state index is 13.2. The number of carbonyl (C=O) groups excluding carboxylic acids is 1. The van der Waals surface area contributed by atoms with Gasteiger partial charge < -0.3 is 9.64 Å². The molecule has 3 aromatic heterocycles. The number of pyridine rings is 1. The van der Waals surface area contributed by atoms with E-state index in [-0.39, 0.29) is 24.0 Å². The molecule has 1 atom stereocenters. The molecule has 0 aromatic carbocycles. The van der Waals surface area contributed by atoms with E-state index in [1.807, 2.05) is 0 Å². The second kappa shape index (κ2) is 8.28. The number of piperidine rings is 1. The Bertz CT molecular complexity index is 1060. The molecule has 9 nitrogen and oxygen atoms in total. The molecule has 3 aromatic rings. The molecule has 31 heavy (non-hydrogen) atoms. The van der Waals surface area contributed by atoms with Crippen LogP contribution in [0.15, 0.2) is 36.9 Å². The number of hydrogen-bond donors (Lipinski definition) is 0. The molecule has 12 heteroatoms. The first-order chi connectivity index (χ1) is 14.8. The van der Waals surface area contributed by atoms with Gasteiger partial charge in [-0.05, 0) is 31.9 Å². The van der Waals surface area contributed by atoms with Gasteiger partial charge >= 0.3 is 6.18 Å². The van der Waals surface area contributed by atoms with E-state index in [2.05, 4.69) is 25.1 Å². The number of ether oxygens (including phenoxy) is 1. The predicted octanol–water partition coefficient (Wildman–Crippen LogP) is 2.46. The van der Waals surface area contributed by atoms with Gasteiger partial charge in [-0.15, -0.1) is 4.80 Å². The zero-order valence-corrected chi connectivity index (χ0v) is 16.5. The largest absolute Gasteiger partial charge is 0.471 e. The summed E-state index contributed by atoms with van der Waals surface area (Å²) in [5.74, 6) is -0.329. The van der Waals surface area contributed by atoms with Crippen molar-refractivity contribution in [3.8, 4) is 11.6 Å². The third-order valence-corrected chi connectivity index (χ3v) is 4.72. The van der Waals surface area contributed by atoms with Gasteiger partial charge in [0.25, 0.3) is 5.91 Å². The van der Waals surface area contributed by atoms with Crippen LogP contribution in [0.2, 0.25) is 0 Å². The summed E-state index contributed by atoms with van der Waals surface area (Å²) in [5.41, 5.74) is 0.248. The van der Waals surface area contributed by atoms with Crippen LogP contribution in [0, 0.1) is 6.92 Å². The van der Waals surface area contributed by atoms with Gasteiger partial charge in [-0.1, -0.05) is 0 Å². The fourth-order valence-corrected chi connectivity index (χ4v) is 3.27. The third kappa shape index (κ3) is 4.62. The molecule has 1 unspecified atom stereocenters. The summed E-state index contributed by atoms with van der Waals surface area (Å²) in [7, 11) is 0. The van der Waals surface area contributed by atoms with Crippen molar-refractivity contribution in [2.75, 3.05) is 13.1 Å². The zero-order valence-electron chi connectivity index (χ0n) is 16.5. The highest BCUT2D eigenvalue weighted by atomic mass is 19.4. The van der Waals surface area contributed by atoms with Gasteiger partial charge in [0, 0.05) is 12.2 Å². The molecule has 4 rings (SSSR count). The van der Waals surface area contributed by atoms with E-state index in [0.717, 1.165) is 6.20 Å². The van der Waals surface area contributed by atoms with Crippen molar-refractivity contribution in [2.24, 2.45) is 0 Å². The summed E-state index contributed by atoms with van der Waals surface area (Å²) < 4.78 is 43.6. The Balaban J connectivity index is 1.49. The van der Waals surface area contributed by atoms with Crippen molar-refractivity contribution in [2.45, 2.75) is 32.0 Å². The molecular weight excluding hydrogens is 415 g/mol. The lowest BCUT2D eigenvalue weighted by atomic mass is 10.1. The van der Waals surface area contributed by atoms with E-state index >= 15 is 0 Å². The highest BCUT2D eigenvalue weighted by Crippen LogP contribution is 2.27.